The van der Waals surface area contributed by atoms with Crippen LogP contribution in [0.5, 0.6) is 0 Å². The molecule has 0 aliphatic carbocycles. The van der Waals surface area contributed by atoms with Gasteiger partial charge in [0.2, 0.25) is 0 Å². The first-order valence-corrected chi connectivity index (χ1v) is 4.90. The van der Waals surface area contributed by atoms with Gasteiger partial charge in [-0.1, -0.05) is 12.1 Å². The molecule has 0 radical (unpaired) electrons. The van der Waals surface area contributed by atoms with Crippen molar-refractivity contribution in [3.05, 3.63) is 29.8 Å². The third-order valence-electron chi connectivity index (χ3n) is 1.84. The van der Waals surface area contributed by atoms with Crippen molar-refractivity contribution in [2.24, 2.45) is 5.73 Å². The first-order valence-electron chi connectivity index (χ1n) is 4.46. The molecule has 0 amide bonds. The molecule has 0 aliphatic heterocycles. The molecule has 0 bridgehead atoms. The summed E-state index contributed by atoms with van der Waals surface area (Å²) in [6, 6.07) is 5.35. The molecule has 0 heterocycles. The number of ether oxygens (including phenoxy) is 1. The van der Waals surface area contributed by atoms with Crippen LogP contribution >= 0.6 is 12.6 Å². The van der Waals surface area contributed by atoms with Gasteiger partial charge in [0, 0.05) is 4.90 Å². The molecular weight excluding hydrogens is 230 g/mol. The maximum atomic E-state index is 11.5. The van der Waals surface area contributed by atoms with Crippen molar-refractivity contribution in [1.29, 1.82) is 0 Å². The number of carbonyl (C=O) groups excluding carboxylic acids is 1. The van der Waals surface area contributed by atoms with Crippen molar-refractivity contribution in [3.63, 3.8) is 0 Å². The minimum absolute atomic E-state index is 0.281. The summed E-state index contributed by atoms with van der Waals surface area (Å²) in [5.41, 5.74) is 5.47. The third kappa shape index (κ3) is 3.25. The smallest absolute Gasteiger partial charge is 0.339 e. The van der Waals surface area contributed by atoms with Crippen LogP contribution in [0.25, 0.3) is 0 Å². The van der Waals surface area contributed by atoms with Gasteiger partial charge >= 0.3 is 11.9 Å². The van der Waals surface area contributed by atoms with Crippen molar-refractivity contribution in [3.8, 4) is 0 Å². The highest BCUT2D eigenvalue weighted by Gasteiger charge is 2.16. The molecular formula is C10H11NO4S. The molecule has 0 unspecified atom stereocenters. The van der Waals surface area contributed by atoms with Crippen molar-refractivity contribution >= 4 is 24.6 Å². The summed E-state index contributed by atoms with van der Waals surface area (Å²) in [7, 11) is 0. The number of nitrogens with two attached hydrogens (primary N) is 1. The Morgan fingerprint density at radius 2 is 2.06 bits per heavy atom. The Morgan fingerprint density at radius 3 is 2.62 bits per heavy atom. The second-order valence-electron chi connectivity index (χ2n) is 3.06. The van der Waals surface area contributed by atoms with Crippen LogP contribution in [0.2, 0.25) is 0 Å². The van der Waals surface area contributed by atoms with E-state index in [1.807, 2.05) is 0 Å². The fourth-order valence-electron chi connectivity index (χ4n) is 0.961. The van der Waals surface area contributed by atoms with E-state index in [9.17, 15) is 9.59 Å². The zero-order chi connectivity index (χ0) is 12.1. The SMILES string of the molecule is N[C@@H](COC(=O)c1ccccc1S)C(=O)O. The van der Waals surface area contributed by atoms with Crippen molar-refractivity contribution in [2.75, 3.05) is 6.61 Å². The predicted molar refractivity (Wildman–Crippen MR) is 59.6 cm³/mol. The third-order valence-corrected chi connectivity index (χ3v) is 2.23. The zero-order valence-corrected chi connectivity index (χ0v) is 9.18. The van der Waals surface area contributed by atoms with E-state index in [1.165, 1.54) is 6.07 Å². The van der Waals surface area contributed by atoms with Crippen LogP contribution < -0.4 is 5.73 Å². The molecule has 1 aromatic rings. The summed E-state index contributed by atoms with van der Waals surface area (Å²) in [6.07, 6.45) is 0. The number of hydrogen-bond donors (Lipinski definition) is 3. The molecule has 5 nitrogen and oxygen atoms in total. The van der Waals surface area contributed by atoms with Crippen LogP contribution in [0.3, 0.4) is 0 Å². The van der Waals surface area contributed by atoms with Gasteiger partial charge in [0.15, 0.2) is 0 Å². The van der Waals surface area contributed by atoms with E-state index < -0.39 is 18.0 Å². The maximum Gasteiger partial charge on any atom is 0.339 e. The van der Waals surface area contributed by atoms with Crippen molar-refractivity contribution < 1.29 is 19.4 Å². The van der Waals surface area contributed by atoms with Gasteiger partial charge in [-0.2, -0.15) is 0 Å². The number of carboxylic acid groups (broad SMARTS) is 1. The topological polar surface area (TPSA) is 89.6 Å². The van der Waals surface area contributed by atoms with Crippen molar-refractivity contribution in [2.45, 2.75) is 10.9 Å². The molecule has 1 aromatic carbocycles. The number of hydrogen-bond acceptors (Lipinski definition) is 5. The molecule has 0 spiro atoms. The molecule has 0 aliphatic rings. The normalized spacial score (nSPS) is 11.9. The van der Waals surface area contributed by atoms with Crippen LogP contribution in [0.15, 0.2) is 29.2 Å². The molecule has 0 saturated heterocycles. The predicted octanol–water partition coefficient (Wildman–Crippen LogP) is 0.544. The monoisotopic (exact) mass is 241 g/mol. The molecule has 3 N–H and O–H groups in total. The molecule has 0 aromatic heterocycles. The highest BCUT2D eigenvalue weighted by molar-refractivity contribution is 7.80. The van der Waals surface area contributed by atoms with Gasteiger partial charge in [-0.05, 0) is 12.1 Å². The quantitative estimate of drug-likeness (QED) is 0.529. The van der Waals surface area contributed by atoms with E-state index in [0.717, 1.165) is 0 Å². The van der Waals surface area contributed by atoms with Crippen LogP contribution in [0.4, 0.5) is 0 Å². The number of benzene rings is 1. The lowest BCUT2D eigenvalue weighted by Crippen LogP contribution is -2.35. The summed E-state index contributed by atoms with van der Waals surface area (Å²) in [5.74, 6) is -1.85. The van der Waals surface area contributed by atoms with E-state index >= 15 is 0 Å². The molecule has 86 valence electrons. The summed E-state index contributed by atoms with van der Waals surface area (Å²) < 4.78 is 4.74. The molecule has 0 fully saturated rings. The van der Waals surface area contributed by atoms with Crippen LogP contribution in [-0.4, -0.2) is 29.7 Å². The lowest BCUT2D eigenvalue weighted by molar-refractivity contribution is -0.139. The Morgan fingerprint density at radius 1 is 1.44 bits per heavy atom. The number of aliphatic carboxylic acids is 1. The fourth-order valence-corrected chi connectivity index (χ4v) is 1.21. The molecule has 0 saturated carbocycles. The largest absolute Gasteiger partial charge is 0.480 e. The number of esters is 1. The highest BCUT2D eigenvalue weighted by Crippen LogP contribution is 2.13. The Hall–Kier alpha value is -1.53. The number of carbonyl (C=O) groups is 2. The van der Waals surface area contributed by atoms with E-state index in [0.29, 0.717) is 4.90 Å². The fraction of sp³-hybridized carbons (Fsp3) is 0.200. The van der Waals surface area contributed by atoms with Gasteiger partial charge in [0.1, 0.15) is 12.6 Å². The van der Waals surface area contributed by atoms with Crippen LogP contribution in [0.1, 0.15) is 10.4 Å². The Bertz CT molecular complexity index is 408. The summed E-state index contributed by atoms with van der Waals surface area (Å²) >= 11 is 4.07. The van der Waals surface area contributed by atoms with Gasteiger partial charge in [-0.25, -0.2) is 4.79 Å². The number of carboxylic acids is 1. The first-order chi connectivity index (χ1) is 7.52. The van der Waals surface area contributed by atoms with E-state index in [-0.39, 0.29) is 12.2 Å². The first kappa shape index (κ1) is 12.5. The van der Waals surface area contributed by atoms with E-state index in [1.54, 1.807) is 18.2 Å². The second-order valence-corrected chi connectivity index (χ2v) is 3.54. The second kappa shape index (κ2) is 5.53. The molecule has 16 heavy (non-hydrogen) atoms. The maximum absolute atomic E-state index is 11.5. The van der Waals surface area contributed by atoms with Gasteiger partial charge in [0.25, 0.3) is 0 Å². The summed E-state index contributed by atoms with van der Waals surface area (Å²) in [5, 5.41) is 8.49. The lowest BCUT2D eigenvalue weighted by atomic mass is 10.2. The minimum Gasteiger partial charge on any atom is -0.480 e. The van der Waals surface area contributed by atoms with Crippen LogP contribution in [-0.2, 0) is 9.53 Å². The van der Waals surface area contributed by atoms with E-state index in [4.69, 9.17) is 15.6 Å². The standard InChI is InChI=1S/C10H11NO4S/c11-7(9(12)13)5-15-10(14)6-3-1-2-4-8(6)16/h1-4,7,16H,5,11H2,(H,12,13)/t7-/m0/s1. The highest BCUT2D eigenvalue weighted by atomic mass is 32.1. The van der Waals surface area contributed by atoms with E-state index in [2.05, 4.69) is 12.6 Å². The average Bonchev–Trinajstić information content (AvgIpc) is 2.25. The van der Waals surface area contributed by atoms with Gasteiger partial charge in [0.05, 0.1) is 5.56 Å². The Labute approximate surface area is 97.6 Å². The van der Waals surface area contributed by atoms with Crippen molar-refractivity contribution in [1.82, 2.24) is 0 Å². The Balaban J connectivity index is 2.60. The lowest BCUT2D eigenvalue weighted by Gasteiger charge is -2.08. The molecule has 6 heteroatoms. The summed E-state index contributed by atoms with van der Waals surface area (Å²) in [4.78, 5) is 22.3. The van der Waals surface area contributed by atoms with Gasteiger partial charge < -0.3 is 15.6 Å². The minimum atomic E-state index is -1.22. The summed E-state index contributed by atoms with van der Waals surface area (Å²) in [6.45, 7) is -0.365. The average molecular weight is 241 g/mol. The van der Waals surface area contributed by atoms with Gasteiger partial charge in [-0.15, -0.1) is 12.6 Å². The van der Waals surface area contributed by atoms with Gasteiger partial charge in [-0.3, -0.25) is 4.79 Å². The van der Waals surface area contributed by atoms with Crippen LogP contribution in [0, 0.1) is 0 Å². The number of thiol groups is 1. The number of rotatable bonds is 4. The Kier molecular flexibility index (Phi) is 4.33. The molecule has 1 atom stereocenters. The zero-order valence-electron chi connectivity index (χ0n) is 8.29. The molecule has 1 rings (SSSR count).